The second-order valence-corrected chi connectivity index (χ2v) is 15.0. The van der Waals surface area contributed by atoms with Crippen LogP contribution in [0.1, 0.15) is 38.5 Å². The first-order chi connectivity index (χ1) is 9.24. The molecular formula is C15H25InN2O. The molecule has 0 spiro atoms. The van der Waals surface area contributed by atoms with Gasteiger partial charge in [0.15, 0.2) is 0 Å². The quantitative estimate of drug-likeness (QED) is 0.765. The molecule has 2 bridgehead atoms. The maximum absolute atomic E-state index is 12.4. The standard InChI is InChI=1S/C10H17N2O.C5H8.In/c1-12-9-3-2-4-10(12)6-8(5-9)11-7-13;1-3-5-4-2;/h8-10H,2-6H2,1H3,(H,11,13);3,5H,1-2,4H2;. The van der Waals surface area contributed by atoms with Gasteiger partial charge in [-0.05, 0) is 0 Å². The first-order valence-electron chi connectivity index (χ1n) is 7.91. The van der Waals surface area contributed by atoms with Crippen molar-refractivity contribution in [2.45, 2.75) is 65.0 Å². The molecule has 3 aliphatic heterocycles. The zero-order valence-corrected chi connectivity index (χ0v) is 15.3. The number of nitrogens with one attached hydrogen (secondary N) is 1. The van der Waals surface area contributed by atoms with Gasteiger partial charge >= 0.3 is 124 Å². The molecule has 2 unspecified atom stereocenters. The topological polar surface area (TPSA) is 32.3 Å². The first-order valence-corrected chi connectivity index (χ1v) is 14.2. The van der Waals surface area contributed by atoms with Crippen LogP contribution in [0.25, 0.3) is 0 Å². The summed E-state index contributed by atoms with van der Waals surface area (Å²) in [6.45, 7) is 0. The maximum atomic E-state index is 12.4. The van der Waals surface area contributed by atoms with E-state index in [1.807, 2.05) is 0 Å². The van der Waals surface area contributed by atoms with Crippen LogP contribution in [-0.2, 0) is 0 Å². The van der Waals surface area contributed by atoms with E-state index in [9.17, 15) is 4.79 Å². The van der Waals surface area contributed by atoms with Gasteiger partial charge in [-0.2, -0.15) is 0 Å². The van der Waals surface area contributed by atoms with Gasteiger partial charge in [0, 0.05) is 0 Å². The molecule has 1 N–H and O–H groups in total. The third kappa shape index (κ3) is 3.21. The zero-order valence-electron chi connectivity index (χ0n) is 12.0. The number of rotatable bonds is 2. The summed E-state index contributed by atoms with van der Waals surface area (Å²) in [5, 5.41) is 3.43. The Morgan fingerprint density at radius 1 is 1.26 bits per heavy atom. The van der Waals surface area contributed by atoms with Crippen LogP contribution in [0, 0.1) is 0 Å². The number of hydrogen-bond acceptors (Lipinski definition) is 2. The van der Waals surface area contributed by atoms with Gasteiger partial charge in [0.2, 0.25) is 0 Å². The third-order valence-corrected chi connectivity index (χ3v) is 13.3. The molecule has 0 aromatic carbocycles. The molecule has 4 heteroatoms. The van der Waals surface area contributed by atoms with Crippen molar-refractivity contribution in [3.63, 3.8) is 0 Å². The molecule has 2 fully saturated rings. The van der Waals surface area contributed by atoms with Gasteiger partial charge in [-0.15, -0.1) is 0 Å². The van der Waals surface area contributed by atoms with Gasteiger partial charge in [-0.3, -0.25) is 0 Å². The molecule has 19 heavy (non-hydrogen) atoms. The van der Waals surface area contributed by atoms with Gasteiger partial charge in [0.1, 0.15) is 0 Å². The minimum absolute atomic E-state index is 0.474. The molecule has 2 atom stereocenters. The molecule has 3 aliphatic rings. The van der Waals surface area contributed by atoms with Crippen molar-refractivity contribution in [2.24, 2.45) is 0 Å². The van der Waals surface area contributed by atoms with Crippen molar-refractivity contribution in [1.29, 1.82) is 0 Å². The number of carbonyl (C=O) groups excluding carboxylic acids is 1. The Kier molecular flexibility index (Phi) is 4.58. The van der Waals surface area contributed by atoms with E-state index in [0.717, 1.165) is 22.7 Å². The molecule has 0 saturated carbocycles. The van der Waals surface area contributed by atoms with Gasteiger partial charge in [0.05, 0.1) is 0 Å². The number of piperidine rings is 2. The summed E-state index contributed by atoms with van der Waals surface area (Å²) in [6, 6.07) is 1.92. The molecule has 3 heterocycles. The predicted octanol–water partition coefficient (Wildman–Crippen LogP) is 2.75. The predicted molar refractivity (Wildman–Crippen MR) is 79.9 cm³/mol. The van der Waals surface area contributed by atoms with E-state index in [-0.39, 0.29) is 0 Å². The fraction of sp³-hybridized carbons (Fsp3) is 0.800. The molecule has 0 aromatic rings. The van der Waals surface area contributed by atoms with E-state index < -0.39 is 21.4 Å². The summed E-state index contributed by atoms with van der Waals surface area (Å²) in [5.41, 5.74) is 0. The Balaban J connectivity index is 1.55. The van der Waals surface area contributed by atoms with Crippen LogP contribution in [0.15, 0.2) is 12.2 Å². The molecule has 0 aliphatic carbocycles. The van der Waals surface area contributed by atoms with Crippen LogP contribution >= 0.6 is 0 Å². The van der Waals surface area contributed by atoms with Crippen molar-refractivity contribution < 1.29 is 4.79 Å². The van der Waals surface area contributed by atoms with E-state index in [1.165, 1.54) is 36.3 Å². The molecule has 0 radical (unpaired) electrons. The summed E-state index contributed by atoms with van der Waals surface area (Å²) in [5.74, 6) is 0. The third-order valence-electron chi connectivity index (χ3n) is 5.33. The first kappa shape index (κ1) is 14.0. The fourth-order valence-corrected chi connectivity index (χ4v) is 10.6. The van der Waals surface area contributed by atoms with E-state index in [1.54, 1.807) is 0 Å². The zero-order chi connectivity index (χ0) is 13.2. The van der Waals surface area contributed by atoms with E-state index in [2.05, 4.69) is 29.4 Å². The Bertz CT molecular complexity index is 357. The molecule has 3 nitrogen and oxygen atoms in total. The normalized spacial score (nSPS) is 35.2. The fourth-order valence-electron chi connectivity index (χ4n) is 4.08. The van der Waals surface area contributed by atoms with Crippen molar-refractivity contribution in [3.05, 3.63) is 12.2 Å². The molecule has 3 rings (SSSR count). The number of nitrogens with zero attached hydrogens (tertiary/aromatic N) is 1. The molecule has 0 aromatic heterocycles. The van der Waals surface area contributed by atoms with Gasteiger partial charge in [0.25, 0.3) is 0 Å². The van der Waals surface area contributed by atoms with Gasteiger partial charge < -0.3 is 0 Å². The Morgan fingerprint density at radius 3 is 2.63 bits per heavy atom. The van der Waals surface area contributed by atoms with Crippen molar-refractivity contribution in [2.75, 3.05) is 7.05 Å². The van der Waals surface area contributed by atoms with Crippen LogP contribution in [0.4, 0.5) is 4.79 Å². The van der Waals surface area contributed by atoms with Crippen LogP contribution in [0.3, 0.4) is 0 Å². The van der Waals surface area contributed by atoms with Crippen molar-refractivity contribution in [1.82, 2.24) is 10.2 Å². The van der Waals surface area contributed by atoms with Gasteiger partial charge in [-0.25, -0.2) is 0 Å². The molecule has 1 amide bonds. The Labute approximate surface area is 124 Å². The Hall–Kier alpha value is 0.0401. The molecule has 2 saturated heterocycles. The monoisotopic (exact) mass is 364 g/mol. The average Bonchev–Trinajstić information content (AvgIpc) is 2.41. The molecule has 104 valence electrons. The number of allylic oxidation sites excluding steroid dienone is 2. The van der Waals surface area contributed by atoms with E-state index in [4.69, 9.17) is 0 Å². The second-order valence-electron chi connectivity index (χ2n) is 6.56. The molecular weight excluding hydrogens is 339 g/mol. The average molecular weight is 364 g/mol. The van der Waals surface area contributed by atoms with Crippen LogP contribution < -0.4 is 5.32 Å². The number of amides is 1. The Morgan fingerprint density at radius 2 is 2.00 bits per heavy atom. The minimum atomic E-state index is -1.91. The van der Waals surface area contributed by atoms with Gasteiger partial charge in [-0.1, -0.05) is 0 Å². The summed E-state index contributed by atoms with van der Waals surface area (Å²) < 4.78 is 2.90. The van der Waals surface area contributed by atoms with Crippen molar-refractivity contribution >= 4 is 25.1 Å². The van der Waals surface area contributed by atoms with Crippen LogP contribution in [0.5, 0.6) is 0 Å². The van der Waals surface area contributed by atoms with E-state index >= 15 is 0 Å². The summed E-state index contributed by atoms with van der Waals surface area (Å²) in [7, 11) is 2.28. The van der Waals surface area contributed by atoms with Crippen LogP contribution in [-0.4, -0.2) is 55.2 Å². The summed E-state index contributed by atoms with van der Waals surface area (Å²) in [4.78, 5) is 15.0. The SMILES string of the molecule is CN1C2CCCC1CC(N[C](=O)[In]1[CH2]C=CC[CH2]1)C2. The number of carbonyl (C=O) groups is 1. The van der Waals surface area contributed by atoms with E-state index in [0.29, 0.717) is 9.71 Å². The number of fused-ring (bicyclic) bond motifs is 2. The van der Waals surface area contributed by atoms with Crippen molar-refractivity contribution in [3.8, 4) is 0 Å². The second kappa shape index (κ2) is 6.21. The summed E-state index contributed by atoms with van der Waals surface area (Å²) in [6.07, 6.45) is 12.1. The van der Waals surface area contributed by atoms with Crippen LogP contribution in [0.2, 0.25) is 8.35 Å². The summed E-state index contributed by atoms with van der Waals surface area (Å²) >= 11 is -1.91. The number of hydrogen-bond donors (Lipinski definition) is 1.